The van der Waals surface area contributed by atoms with Crippen LogP contribution in [-0.2, 0) is 11.3 Å². The lowest BCUT2D eigenvalue weighted by molar-refractivity contribution is -0.385. The van der Waals surface area contributed by atoms with Crippen LogP contribution in [0.2, 0.25) is 0 Å². The highest BCUT2D eigenvalue weighted by atomic mass is 16.6. The van der Waals surface area contributed by atoms with E-state index in [2.05, 4.69) is 5.18 Å². The summed E-state index contributed by atoms with van der Waals surface area (Å²) in [6.07, 6.45) is 0. The maximum atomic E-state index is 11.6. The molecule has 1 heterocycles. The fourth-order valence-electron chi connectivity index (χ4n) is 2.16. The normalized spacial score (nSPS) is 15.8. The van der Waals surface area contributed by atoms with E-state index in [0.29, 0.717) is 38.4 Å². The predicted molar refractivity (Wildman–Crippen MR) is 69.3 cm³/mol. The Hall–Kier alpha value is -2.19. The summed E-state index contributed by atoms with van der Waals surface area (Å²) in [4.78, 5) is 34.3. The number of nitro groups is 1. The summed E-state index contributed by atoms with van der Waals surface area (Å²) in [5.74, 6) is -1.11. The van der Waals surface area contributed by atoms with Crippen molar-refractivity contribution in [1.82, 2.24) is 4.90 Å². The molecule has 1 aliphatic heterocycles. The SMILES string of the molecule is O=NC(=O)c1c(CN2CCOCC2)cccc1[N+](=O)[O-]. The van der Waals surface area contributed by atoms with Gasteiger partial charge in [-0.1, -0.05) is 12.1 Å². The fraction of sp³-hybridized carbons (Fsp3) is 0.417. The van der Waals surface area contributed by atoms with Crippen LogP contribution in [0, 0.1) is 15.0 Å². The van der Waals surface area contributed by atoms with Gasteiger partial charge in [-0.05, 0) is 5.56 Å². The summed E-state index contributed by atoms with van der Waals surface area (Å²) in [7, 11) is 0. The van der Waals surface area contributed by atoms with E-state index in [-0.39, 0.29) is 11.3 Å². The van der Waals surface area contributed by atoms with Crippen LogP contribution in [0.1, 0.15) is 15.9 Å². The number of carbonyl (C=O) groups is 1. The van der Waals surface area contributed by atoms with E-state index >= 15 is 0 Å². The molecule has 0 aromatic heterocycles. The van der Waals surface area contributed by atoms with Crippen molar-refractivity contribution in [3.05, 3.63) is 44.3 Å². The number of hydrogen-bond donors (Lipinski definition) is 0. The van der Waals surface area contributed by atoms with Crippen LogP contribution in [0.15, 0.2) is 23.4 Å². The second kappa shape index (κ2) is 6.31. The van der Waals surface area contributed by atoms with Crippen molar-refractivity contribution in [1.29, 1.82) is 0 Å². The Morgan fingerprint density at radius 2 is 2.10 bits per heavy atom. The molecule has 1 amide bonds. The van der Waals surface area contributed by atoms with E-state index in [9.17, 15) is 19.8 Å². The molecule has 2 rings (SSSR count). The quantitative estimate of drug-likeness (QED) is 0.468. The zero-order valence-electron chi connectivity index (χ0n) is 10.7. The zero-order valence-corrected chi connectivity index (χ0v) is 10.7. The van der Waals surface area contributed by atoms with Gasteiger partial charge in [-0.25, -0.2) is 0 Å². The number of ether oxygens (including phenoxy) is 1. The highest BCUT2D eigenvalue weighted by Crippen LogP contribution is 2.24. The Balaban J connectivity index is 2.35. The molecule has 0 N–H and O–H groups in total. The number of benzene rings is 1. The van der Waals surface area contributed by atoms with Gasteiger partial charge < -0.3 is 4.74 Å². The van der Waals surface area contributed by atoms with Gasteiger partial charge in [0, 0.05) is 30.9 Å². The van der Waals surface area contributed by atoms with E-state index < -0.39 is 10.8 Å². The highest BCUT2D eigenvalue weighted by molar-refractivity contribution is 6.00. The predicted octanol–water partition coefficient (Wildman–Crippen LogP) is 1.33. The van der Waals surface area contributed by atoms with Crippen LogP contribution in [0.25, 0.3) is 0 Å². The molecule has 1 fully saturated rings. The molecule has 0 spiro atoms. The molecular formula is C12H13N3O5. The third-order valence-electron chi connectivity index (χ3n) is 3.12. The molecule has 20 heavy (non-hydrogen) atoms. The lowest BCUT2D eigenvalue weighted by Gasteiger charge is -2.26. The average Bonchev–Trinajstić information content (AvgIpc) is 2.47. The van der Waals surface area contributed by atoms with Crippen molar-refractivity contribution >= 4 is 11.6 Å². The zero-order chi connectivity index (χ0) is 14.5. The summed E-state index contributed by atoms with van der Waals surface area (Å²) in [5.41, 5.74) is -0.176. The lowest BCUT2D eigenvalue weighted by Crippen LogP contribution is -2.36. The van der Waals surface area contributed by atoms with E-state index in [1.165, 1.54) is 12.1 Å². The fourth-order valence-corrected chi connectivity index (χ4v) is 2.16. The molecule has 1 saturated heterocycles. The number of nitrogens with zero attached hydrogens (tertiary/aromatic N) is 3. The summed E-state index contributed by atoms with van der Waals surface area (Å²) in [5, 5.41) is 13.3. The molecule has 106 valence electrons. The summed E-state index contributed by atoms with van der Waals surface area (Å²) in [6, 6.07) is 4.29. The Bertz CT molecular complexity index is 540. The first-order valence-corrected chi connectivity index (χ1v) is 6.07. The van der Waals surface area contributed by atoms with Crippen molar-refractivity contribution in [2.75, 3.05) is 26.3 Å². The minimum absolute atomic E-state index is 0.223. The van der Waals surface area contributed by atoms with Crippen LogP contribution in [0.5, 0.6) is 0 Å². The standard InChI is InChI=1S/C12H13N3O5/c16-12(13-17)11-9(2-1-3-10(11)15(18)19)8-14-4-6-20-7-5-14/h1-3H,4-8H2. The molecule has 0 atom stereocenters. The van der Waals surface area contributed by atoms with Crippen molar-refractivity contribution in [3.8, 4) is 0 Å². The molecule has 0 aliphatic carbocycles. The van der Waals surface area contributed by atoms with Crippen LogP contribution >= 0.6 is 0 Å². The second-order valence-electron chi connectivity index (χ2n) is 4.35. The average molecular weight is 279 g/mol. The van der Waals surface area contributed by atoms with Gasteiger partial charge in [0.1, 0.15) is 5.56 Å². The Morgan fingerprint density at radius 3 is 2.70 bits per heavy atom. The van der Waals surface area contributed by atoms with Gasteiger partial charge in [0.25, 0.3) is 5.69 Å². The van der Waals surface area contributed by atoms with Gasteiger partial charge in [-0.2, -0.15) is 0 Å². The van der Waals surface area contributed by atoms with E-state index in [1.807, 2.05) is 4.90 Å². The van der Waals surface area contributed by atoms with E-state index in [0.717, 1.165) is 0 Å². The number of hydrogen-bond acceptors (Lipinski definition) is 6. The van der Waals surface area contributed by atoms with Crippen LogP contribution in [0.4, 0.5) is 5.69 Å². The third kappa shape index (κ3) is 3.03. The molecular weight excluding hydrogens is 266 g/mol. The maximum Gasteiger partial charge on any atom is 0.324 e. The number of carbonyl (C=O) groups excluding carboxylic acids is 1. The Kier molecular flexibility index (Phi) is 4.49. The van der Waals surface area contributed by atoms with Gasteiger partial charge in [0.2, 0.25) is 0 Å². The molecule has 0 unspecified atom stereocenters. The third-order valence-corrected chi connectivity index (χ3v) is 3.12. The first-order valence-electron chi connectivity index (χ1n) is 6.07. The van der Waals surface area contributed by atoms with E-state index in [4.69, 9.17) is 4.74 Å². The first kappa shape index (κ1) is 14.2. The minimum Gasteiger partial charge on any atom is -0.379 e. The van der Waals surface area contributed by atoms with Gasteiger partial charge >= 0.3 is 5.91 Å². The second-order valence-corrected chi connectivity index (χ2v) is 4.35. The van der Waals surface area contributed by atoms with Gasteiger partial charge in [0.15, 0.2) is 0 Å². The maximum absolute atomic E-state index is 11.6. The van der Waals surface area contributed by atoms with Gasteiger partial charge in [0.05, 0.1) is 18.1 Å². The highest BCUT2D eigenvalue weighted by Gasteiger charge is 2.25. The summed E-state index contributed by atoms with van der Waals surface area (Å²) >= 11 is 0. The molecule has 1 aromatic rings. The largest absolute Gasteiger partial charge is 0.379 e. The topological polar surface area (TPSA) is 102 Å². The number of morpholine rings is 1. The smallest absolute Gasteiger partial charge is 0.324 e. The molecule has 0 radical (unpaired) electrons. The Labute approximate surface area is 114 Å². The van der Waals surface area contributed by atoms with Crippen LogP contribution < -0.4 is 0 Å². The first-order chi connectivity index (χ1) is 9.63. The number of nitroso groups, excluding NO2 is 1. The Morgan fingerprint density at radius 1 is 1.40 bits per heavy atom. The molecule has 8 heteroatoms. The lowest BCUT2D eigenvalue weighted by atomic mass is 10.0. The van der Waals surface area contributed by atoms with E-state index in [1.54, 1.807) is 6.07 Å². The molecule has 0 bridgehead atoms. The molecule has 8 nitrogen and oxygen atoms in total. The molecule has 1 aromatic carbocycles. The van der Waals surface area contributed by atoms with Gasteiger partial charge in [-0.3, -0.25) is 19.8 Å². The number of rotatable bonds is 4. The van der Waals surface area contributed by atoms with Crippen LogP contribution in [-0.4, -0.2) is 42.0 Å². The summed E-state index contributed by atoms with van der Waals surface area (Å²) < 4.78 is 5.21. The van der Waals surface area contributed by atoms with Crippen molar-refractivity contribution in [2.45, 2.75) is 6.54 Å². The monoisotopic (exact) mass is 279 g/mol. The van der Waals surface area contributed by atoms with Gasteiger partial charge in [-0.15, -0.1) is 4.91 Å². The molecule has 1 aliphatic rings. The summed E-state index contributed by atoms with van der Waals surface area (Å²) in [6.45, 7) is 2.84. The molecule has 0 saturated carbocycles. The van der Waals surface area contributed by atoms with Crippen molar-refractivity contribution in [3.63, 3.8) is 0 Å². The number of nitro benzene ring substituents is 1. The van der Waals surface area contributed by atoms with Crippen molar-refractivity contribution < 1.29 is 14.5 Å². The minimum atomic E-state index is -1.11. The van der Waals surface area contributed by atoms with Crippen LogP contribution in [0.3, 0.4) is 0 Å². The van der Waals surface area contributed by atoms with Crippen molar-refractivity contribution in [2.24, 2.45) is 5.18 Å². The number of amides is 1.